The van der Waals surface area contributed by atoms with Crippen LogP contribution in [0.25, 0.3) is 0 Å². The fourth-order valence-electron chi connectivity index (χ4n) is 3.28. The minimum Gasteiger partial charge on any atom is -0.487 e. The molecule has 0 amide bonds. The van der Waals surface area contributed by atoms with E-state index in [1.54, 1.807) is 6.07 Å². The Bertz CT molecular complexity index is 493. The van der Waals surface area contributed by atoms with Crippen molar-refractivity contribution in [3.8, 4) is 5.75 Å². The van der Waals surface area contributed by atoms with Crippen molar-refractivity contribution in [2.45, 2.75) is 43.9 Å². The predicted molar refractivity (Wildman–Crippen MR) is 70.7 cm³/mol. The molecule has 0 radical (unpaired) electrons. The molecule has 104 valence electrons. The summed E-state index contributed by atoms with van der Waals surface area (Å²) in [4.78, 5) is 2.31. The van der Waals surface area contributed by atoms with E-state index in [1.807, 2.05) is 0 Å². The molecule has 19 heavy (non-hydrogen) atoms. The van der Waals surface area contributed by atoms with Gasteiger partial charge >= 0.3 is 0 Å². The number of aliphatic hydroxyl groups excluding tert-OH is 1. The van der Waals surface area contributed by atoms with E-state index in [4.69, 9.17) is 4.74 Å². The van der Waals surface area contributed by atoms with Gasteiger partial charge in [-0.05, 0) is 38.6 Å². The van der Waals surface area contributed by atoms with E-state index >= 15 is 0 Å². The highest BCUT2D eigenvalue weighted by Gasteiger charge is 2.44. The molecule has 0 saturated carbocycles. The van der Waals surface area contributed by atoms with E-state index in [-0.39, 0.29) is 11.4 Å². The van der Waals surface area contributed by atoms with Gasteiger partial charge in [-0.15, -0.1) is 0 Å². The van der Waals surface area contributed by atoms with Gasteiger partial charge in [-0.1, -0.05) is 0 Å². The topological polar surface area (TPSA) is 32.7 Å². The van der Waals surface area contributed by atoms with Gasteiger partial charge in [0.15, 0.2) is 0 Å². The summed E-state index contributed by atoms with van der Waals surface area (Å²) >= 11 is 0. The molecule has 2 aliphatic rings. The van der Waals surface area contributed by atoms with E-state index < -0.39 is 6.10 Å². The summed E-state index contributed by atoms with van der Waals surface area (Å²) in [5, 5.41) is 10.3. The van der Waals surface area contributed by atoms with Crippen LogP contribution in [-0.2, 0) is 0 Å². The summed E-state index contributed by atoms with van der Waals surface area (Å²) in [7, 11) is 2.11. The lowest BCUT2D eigenvalue weighted by Gasteiger charge is -2.47. The molecular weight excluding hydrogens is 245 g/mol. The zero-order valence-electron chi connectivity index (χ0n) is 11.4. The normalized spacial score (nSPS) is 34.9. The second-order valence-electron chi connectivity index (χ2n) is 5.97. The highest BCUT2D eigenvalue weighted by atomic mass is 19.1. The maximum absolute atomic E-state index is 13.2. The van der Waals surface area contributed by atoms with Crippen LogP contribution in [0.4, 0.5) is 4.39 Å². The van der Waals surface area contributed by atoms with Crippen LogP contribution in [0.2, 0.25) is 0 Å². The average molecular weight is 265 g/mol. The molecule has 1 spiro atoms. The first-order valence-electron chi connectivity index (χ1n) is 6.86. The lowest BCUT2D eigenvalue weighted by atomic mass is 9.79. The smallest absolute Gasteiger partial charge is 0.126 e. The molecule has 0 aromatic heterocycles. The number of likely N-dealkylation sites (tertiary alicyclic amines) is 1. The van der Waals surface area contributed by atoms with Crippen LogP contribution in [0.15, 0.2) is 18.2 Å². The van der Waals surface area contributed by atoms with Gasteiger partial charge in [0.25, 0.3) is 0 Å². The fraction of sp³-hybridized carbons (Fsp3) is 0.600. The van der Waals surface area contributed by atoms with Gasteiger partial charge in [-0.2, -0.15) is 0 Å². The monoisotopic (exact) mass is 265 g/mol. The van der Waals surface area contributed by atoms with Crippen molar-refractivity contribution >= 4 is 0 Å². The molecule has 1 fully saturated rings. The van der Waals surface area contributed by atoms with Gasteiger partial charge in [0.2, 0.25) is 0 Å². The number of benzene rings is 1. The van der Waals surface area contributed by atoms with Crippen LogP contribution in [0.3, 0.4) is 0 Å². The Hall–Kier alpha value is -1.13. The lowest BCUT2D eigenvalue weighted by Crippen LogP contribution is -2.52. The number of piperidine rings is 1. The Labute approximate surface area is 113 Å². The number of nitrogens with zero attached hydrogens (tertiary/aromatic N) is 1. The molecule has 0 bridgehead atoms. The second-order valence-corrected chi connectivity index (χ2v) is 5.97. The number of halogens is 1. The third kappa shape index (κ3) is 2.23. The molecule has 3 rings (SSSR count). The molecule has 1 N–H and O–H groups in total. The standard InChI is InChI=1S/C15H20FNO2/c1-10-8-15(5-6-17(10)2)9-13(18)12-7-11(16)3-4-14(12)19-15/h3-4,7,10,13,18H,5-6,8-9H2,1-2H3. The average Bonchev–Trinajstić information content (AvgIpc) is 2.36. The molecule has 3 atom stereocenters. The molecule has 2 heterocycles. The zero-order valence-corrected chi connectivity index (χ0v) is 11.4. The van der Waals surface area contributed by atoms with Gasteiger partial charge < -0.3 is 14.7 Å². The van der Waals surface area contributed by atoms with Crippen molar-refractivity contribution < 1.29 is 14.2 Å². The third-order valence-corrected chi connectivity index (χ3v) is 4.56. The maximum atomic E-state index is 13.2. The predicted octanol–water partition coefficient (Wildman–Crippen LogP) is 2.49. The Morgan fingerprint density at radius 3 is 2.95 bits per heavy atom. The van der Waals surface area contributed by atoms with Gasteiger partial charge in [-0.3, -0.25) is 0 Å². The molecule has 0 aliphatic carbocycles. The summed E-state index contributed by atoms with van der Waals surface area (Å²) in [6.45, 7) is 3.14. The van der Waals surface area contributed by atoms with Crippen molar-refractivity contribution in [2.75, 3.05) is 13.6 Å². The van der Waals surface area contributed by atoms with Gasteiger partial charge in [-0.25, -0.2) is 4.39 Å². The Kier molecular flexibility index (Phi) is 3.02. The minimum absolute atomic E-state index is 0.295. The first-order chi connectivity index (χ1) is 8.99. The van der Waals surface area contributed by atoms with Crippen LogP contribution in [-0.4, -0.2) is 35.2 Å². The van der Waals surface area contributed by atoms with E-state index in [0.717, 1.165) is 19.4 Å². The Morgan fingerprint density at radius 2 is 2.21 bits per heavy atom. The summed E-state index contributed by atoms with van der Waals surface area (Å²) < 4.78 is 19.4. The number of hydrogen-bond donors (Lipinski definition) is 1. The SMILES string of the molecule is CC1CC2(CCN1C)CC(O)c1cc(F)ccc1O2. The zero-order chi connectivity index (χ0) is 13.6. The van der Waals surface area contributed by atoms with Crippen molar-refractivity contribution in [2.24, 2.45) is 0 Å². The number of aliphatic hydroxyl groups is 1. The van der Waals surface area contributed by atoms with Crippen LogP contribution in [0.5, 0.6) is 5.75 Å². The number of rotatable bonds is 0. The molecule has 1 aromatic rings. The highest BCUT2D eigenvalue weighted by Crippen LogP contribution is 2.45. The maximum Gasteiger partial charge on any atom is 0.126 e. The first kappa shape index (κ1) is 12.9. The highest BCUT2D eigenvalue weighted by molar-refractivity contribution is 5.38. The Balaban J connectivity index is 1.90. The fourth-order valence-corrected chi connectivity index (χ4v) is 3.28. The number of ether oxygens (including phenoxy) is 1. The molecule has 1 aromatic carbocycles. The Morgan fingerprint density at radius 1 is 1.42 bits per heavy atom. The van der Waals surface area contributed by atoms with Crippen molar-refractivity contribution in [1.29, 1.82) is 0 Å². The van der Waals surface area contributed by atoms with Crippen LogP contribution in [0, 0.1) is 5.82 Å². The van der Waals surface area contributed by atoms with Crippen molar-refractivity contribution in [3.05, 3.63) is 29.6 Å². The number of hydrogen-bond acceptors (Lipinski definition) is 3. The molecular formula is C15H20FNO2. The second kappa shape index (κ2) is 4.46. The summed E-state index contributed by atoms with van der Waals surface area (Å²) in [6, 6.07) is 4.84. The summed E-state index contributed by atoms with van der Waals surface area (Å²) in [6.07, 6.45) is 1.73. The van der Waals surface area contributed by atoms with Gasteiger partial charge in [0.1, 0.15) is 17.2 Å². The molecule has 3 unspecified atom stereocenters. The van der Waals surface area contributed by atoms with E-state index in [1.165, 1.54) is 12.1 Å². The van der Waals surface area contributed by atoms with E-state index in [9.17, 15) is 9.50 Å². The summed E-state index contributed by atoms with van der Waals surface area (Å²) in [5.41, 5.74) is 0.285. The van der Waals surface area contributed by atoms with Crippen LogP contribution < -0.4 is 4.74 Å². The third-order valence-electron chi connectivity index (χ3n) is 4.56. The van der Waals surface area contributed by atoms with E-state index in [2.05, 4.69) is 18.9 Å². The van der Waals surface area contributed by atoms with E-state index in [0.29, 0.717) is 23.8 Å². The van der Waals surface area contributed by atoms with Crippen molar-refractivity contribution in [3.63, 3.8) is 0 Å². The molecule has 4 heteroatoms. The molecule has 3 nitrogen and oxygen atoms in total. The van der Waals surface area contributed by atoms with Gasteiger partial charge in [0.05, 0.1) is 6.10 Å². The van der Waals surface area contributed by atoms with Crippen LogP contribution in [0.1, 0.15) is 37.9 Å². The minimum atomic E-state index is -0.630. The summed E-state index contributed by atoms with van der Waals surface area (Å²) in [5.74, 6) is 0.311. The lowest BCUT2D eigenvalue weighted by molar-refractivity contribution is -0.0647. The largest absolute Gasteiger partial charge is 0.487 e. The van der Waals surface area contributed by atoms with Crippen molar-refractivity contribution in [1.82, 2.24) is 4.90 Å². The molecule has 2 aliphatic heterocycles. The van der Waals surface area contributed by atoms with Crippen LogP contribution >= 0.6 is 0 Å². The number of fused-ring (bicyclic) bond motifs is 1. The quantitative estimate of drug-likeness (QED) is 0.782. The molecule has 1 saturated heterocycles. The van der Waals surface area contributed by atoms with Gasteiger partial charge in [0, 0.05) is 31.0 Å². The first-order valence-corrected chi connectivity index (χ1v) is 6.86.